The van der Waals surface area contributed by atoms with Crippen LogP contribution in [0.5, 0.6) is 0 Å². The van der Waals surface area contributed by atoms with Crippen LogP contribution in [0.25, 0.3) is 0 Å². The van der Waals surface area contributed by atoms with E-state index in [0.29, 0.717) is 11.3 Å². The molecule has 2 nitrogen and oxygen atoms in total. The van der Waals surface area contributed by atoms with Crippen LogP contribution in [0.15, 0.2) is 0 Å². The van der Waals surface area contributed by atoms with Gasteiger partial charge in [-0.1, -0.05) is 13.8 Å². The van der Waals surface area contributed by atoms with E-state index < -0.39 is 0 Å². The molecule has 3 saturated carbocycles. The molecule has 4 atom stereocenters. The van der Waals surface area contributed by atoms with Gasteiger partial charge in [-0.2, -0.15) is 0 Å². The number of aliphatic hydroxyl groups is 1. The van der Waals surface area contributed by atoms with Crippen LogP contribution >= 0.6 is 0 Å². The molecule has 4 unspecified atom stereocenters. The predicted molar refractivity (Wildman–Crippen MR) is 56.0 cm³/mol. The molecular weight excluding hydrogens is 176 g/mol. The van der Waals surface area contributed by atoms with Gasteiger partial charge in [0.05, 0.1) is 6.10 Å². The lowest BCUT2D eigenvalue weighted by molar-refractivity contribution is -0.165. The van der Waals surface area contributed by atoms with Crippen LogP contribution in [0.1, 0.15) is 33.1 Å². The van der Waals surface area contributed by atoms with Gasteiger partial charge < -0.3 is 9.84 Å². The Balaban J connectivity index is 2.00. The number of hydrogen-bond acceptors (Lipinski definition) is 2. The molecule has 82 valence electrons. The first kappa shape index (κ1) is 10.4. The van der Waals surface area contributed by atoms with Crippen LogP contribution in [0.2, 0.25) is 0 Å². The number of methoxy groups -OCH3 is 1. The molecule has 0 saturated heterocycles. The minimum atomic E-state index is -0.0677. The van der Waals surface area contributed by atoms with Gasteiger partial charge in [0, 0.05) is 13.7 Å². The first-order chi connectivity index (χ1) is 6.57. The van der Waals surface area contributed by atoms with E-state index in [4.69, 9.17) is 4.74 Å². The Bertz CT molecular complexity index is 212. The summed E-state index contributed by atoms with van der Waals surface area (Å²) in [4.78, 5) is 0. The molecule has 1 N–H and O–H groups in total. The van der Waals surface area contributed by atoms with E-state index in [-0.39, 0.29) is 6.10 Å². The van der Waals surface area contributed by atoms with E-state index >= 15 is 0 Å². The molecule has 0 aromatic carbocycles. The molecule has 0 heterocycles. The summed E-state index contributed by atoms with van der Waals surface area (Å²) in [5.41, 5.74) is 0.470. The number of aliphatic hydroxyl groups excluding tert-OH is 1. The lowest BCUT2D eigenvalue weighted by Gasteiger charge is -2.61. The van der Waals surface area contributed by atoms with Crippen molar-refractivity contribution in [3.8, 4) is 0 Å². The van der Waals surface area contributed by atoms with Crippen LogP contribution in [0, 0.1) is 23.2 Å². The molecule has 3 aliphatic rings. The normalized spacial score (nSPS) is 44.6. The quantitative estimate of drug-likeness (QED) is 0.752. The third-order valence-electron chi connectivity index (χ3n) is 4.74. The van der Waals surface area contributed by atoms with E-state index in [9.17, 15) is 5.11 Å². The minimum absolute atomic E-state index is 0.0677. The summed E-state index contributed by atoms with van der Waals surface area (Å²) in [6.07, 6.45) is 3.30. The van der Waals surface area contributed by atoms with Crippen molar-refractivity contribution < 1.29 is 9.84 Å². The third kappa shape index (κ3) is 1.40. The van der Waals surface area contributed by atoms with Crippen molar-refractivity contribution in [2.24, 2.45) is 23.2 Å². The number of fused-ring (bicyclic) bond motifs is 2. The van der Waals surface area contributed by atoms with E-state index in [1.165, 1.54) is 6.42 Å². The molecule has 2 heteroatoms. The second-order valence-corrected chi connectivity index (χ2v) is 5.61. The maximum atomic E-state index is 9.97. The molecular formula is C12H22O2. The van der Waals surface area contributed by atoms with Crippen LogP contribution < -0.4 is 0 Å². The zero-order valence-corrected chi connectivity index (χ0v) is 9.49. The smallest absolute Gasteiger partial charge is 0.0575 e. The van der Waals surface area contributed by atoms with Gasteiger partial charge in [-0.05, 0) is 42.4 Å². The van der Waals surface area contributed by atoms with Crippen molar-refractivity contribution in [2.45, 2.75) is 39.2 Å². The SMILES string of the molecule is COCCC1C(O)CC2CC1C2(C)C. The van der Waals surface area contributed by atoms with Gasteiger partial charge in [-0.3, -0.25) is 0 Å². The van der Waals surface area contributed by atoms with Crippen molar-refractivity contribution in [3.63, 3.8) is 0 Å². The summed E-state index contributed by atoms with van der Waals surface area (Å²) in [7, 11) is 1.74. The molecule has 3 rings (SSSR count). The van der Waals surface area contributed by atoms with Gasteiger partial charge in [0.2, 0.25) is 0 Å². The van der Waals surface area contributed by atoms with Crippen LogP contribution in [-0.2, 0) is 4.74 Å². The largest absolute Gasteiger partial charge is 0.393 e. The third-order valence-corrected chi connectivity index (χ3v) is 4.74. The summed E-state index contributed by atoms with van der Waals surface area (Å²) in [6, 6.07) is 0. The molecule has 0 amide bonds. The fraction of sp³-hybridized carbons (Fsp3) is 1.00. The topological polar surface area (TPSA) is 29.5 Å². The number of hydrogen-bond donors (Lipinski definition) is 1. The fourth-order valence-corrected chi connectivity index (χ4v) is 3.56. The highest BCUT2D eigenvalue weighted by molar-refractivity contribution is 5.06. The van der Waals surface area contributed by atoms with E-state index in [2.05, 4.69) is 13.8 Å². The van der Waals surface area contributed by atoms with Gasteiger partial charge in [0.1, 0.15) is 0 Å². The second kappa shape index (κ2) is 3.49. The Hall–Kier alpha value is -0.0800. The summed E-state index contributed by atoms with van der Waals surface area (Å²) >= 11 is 0. The molecule has 0 spiro atoms. The van der Waals surface area contributed by atoms with Crippen molar-refractivity contribution >= 4 is 0 Å². The standard InChI is InChI=1S/C12H22O2/c1-12(2)8-6-10(12)9(4-5-14-3)11(13)7-8/h8-11,13H,4-7H2,1-3H3. The van der Waals surface area contributed by atoms with Crippen molar-refractivity contribution in [3.05, 3.63) is 0 Å². The molecule has 0 radical (unpaired) electrons. The van der Waals surface area contributed by atoms with Crippen molar-refractivity contribution in [1.82, 2.24) is 0 Å². The summed E-state index contributed by atoms with van der Waals surface area (Å²) in [5.74, 6) is 1.97. The summed E-state index contributed by atoms with van der Waals surface area (Å²) in [6.45, 7) is 5.51. The minimum Gasteiger partial charge on any atom is -0.393 e. The molecule has 0 aromatic heterocycles. The predicted octanol–water partition coefficient (Wildman–Crippen LogP) is 2.07. The zero-order valence-electron chi connectivity index (χ0n) is 9.49. The summed E-state index contributed by atoms with van der Waals surface area (Å²) in [5, 5.41) is 9.97. The lowest BCUT2D eigenvalue weighted by atomic mass is 9.44. The maximum absolute atomic E-state index is 9.97. The van der Waals surface area contributed by atoms with Crippen molar-refractivity contribution in [1.29, 1.82) is 0 Å². The van der Waals surface area contributed by atoms with Gasteiger partial charge in [-0.25, -0.2) is 0 Å². The highest BCUT2D eigenvalue weighted by Gasteiger charge is 2.56. The van der Waals surface area contributed by atoms with E-state index in [1.807, 2.05) is 0 Å². The average Bonchev–Trinajstić information content (AvgIpc) is 2.15. The Kier molecular flexibility index (Phi) is 2.61. The van der Waals surface area contributed by atoms with Gasteiger partial charge in [0.15, 0.2) is 0 Å². The van der Waals surface area contributed by atoms with E-state index in [0.717, 1.165) is 31.3 Å². The monoisotopic (exact) mass is 198 g/mol. The van der Waals surface area contributed by atoms with Crippen molar-refractivity contribution in [2.75, 3.05) is 13.7 Å². The first-order valence-corrected chi connectivity index (χ1v) is 5.74. The number of ether oxygens (including phenoxy) is 1. The number of rotatable bonds is 3. The van der Waals surface area contributed by atoms with E-state index in [1.54, 1.807) is 7.11 Å². The lowest BCUT2D eigenvalue weighted by Crippen LogP contribution is -2.57. The first-order valence-electron chi connectivity index (χ1n) is 5.74. The van der Waals surface area contributed by atoms with Crippen LogP contribution in [0.4, 0.5) is 0 Å². The average molecular weight is 198 g/mol. The van der Waals surface area contributed by atoms with Gasteiger partial charge in [-0.15, -0.1) is 0 Å². The van der Waals surface area contributed by atoms with Crippen LogP contribution in [0.3, 0.4) is 0 Å². The second-order valence-electron chi connectivity index (χ2n) is 5.61. The maximum Gasteiger partial charge on any atom is 0.0575 e. The molecule has 14 heavy (non-hydrogen) atoms. The highest BCUT2D eigenvalue weighted by atomic mass is 16.5. The Morgan fingerprint density at radius 3 is 2.64 bits per heavy atom. The van der Waals surface area contributed by atoms with Crippen LogP contribution in [-0.4, -0.2) is 24.9 Å². The Labute approximate surface area is 86.6 Å². The Morgan fingerprint density at radius 1 is 1.36 bits per heavy atom. The van der Waals surface area contributed by atoms with Gasteiger partial charge >= 0.3 is 0 Å². The van der Waals surface area contributed by atoms with Gasteiger partial charge in [0.25, 0.3) is 0 Å². The Morgan fingerprint density at radius 2 is 2.07 bits per heavy atom. The molecule has 0 aromatic rings. The zero-order chi connectivity index (χ0) is 10.3. The highest BCUT2D eigenvalue weighted by Crippen LogP contribution is 2.61. The molecule has 3 fully saturated rings. The summed E-state index contributed by atoms with van der Waals surface area (Å²) < 4.78 is 5.12. The molecule has 2 bridgehead atoms. The molecule has 3 aliphatic carbocycles. The molecule has 0 aliphatic heterocycles. The fourth-order valence-electron chi connectivity index (χ4n) is 3.56.